The Balaban J connectivity index is 1.44. The van der Waals surface area contributed by atoms with E-state index in [9.17, 15) is 0 Å². The van der Waals surface area contributed by atoms with Crippen LogP contribution in [0.5, 0.6) is 0 Å². The predicted octanol–water partition coefficient (Wildman–Crippen LogP) is 8.43. The van der Waals surface area contributed by atoms with Crippen molar-refractivity contribution in [2.75, 3.05) is 5.32 Å². The van der Waals surface area contributed by atoms with Crippen LogP contribution in [0, 0.1) is 0 Å². The monoisotopic (exact) mass is 424 g/mol. The van der Waals surface area contributed by atoms with Crippen molar-refractivity contribution in [1.82, 2.24) is 4.57 Å². The summed E-state index contributed by atoms with van der Waals surface area (Å²) in [6, 6.07) is 40.1. The van der Waals surface area contributed by atoms with Crippen LogP contribution in [0.4, 0.5) is 11.4 Å². The number of benzene rings is 5. The number of nitrogens with one attached hydrogen (secondary N) is 1. The summed E-state index contributed by atoms with van der Waals surface area (Å²) in [6.07, 6.45) is 0. The molecule has 3 heteroatoms. The summed E-state index contributed by atoms with van der Waals surface area (Å²) < 4.78 is 8.41. The molecule has 5 aromatic carbocycles. The summed E-state index contributed by atoms with van der Waals surface area (Å²) in [6.45, 7) is 0. The molecule has 2 aromatic heterocycles. The summed E-state index contributed by atoms with van der Waals surface area (Å²) >= 11 is 0. The molecule has 0 radical (unpaired) electrons. The van der Waals surface area contributed by atoms with Gasteiger partial charge >= 0.3 is 0 Å². The van der Waals surface area contributed by atoms with E-state index in [0.29, 0.717) is 0 Å². The standard InChI is InChI=1S/C30H20N2O/c1-2-9-21(10-3-1)32-26-14-6-4-11-22(26)23-18-17-20(19-27(23)32)31-25-13-8-16-29-30(25)24-12-5-7-15-28(24)33-29/h1-19,31H. The SMILES string of the molecule is c1ccc(-n2c3ccccc3c3ccc(Nc4cccc5oc6ccccc6c45)cc32)cc1. The summed E-state index contributed by atoms with van der Waals surface area (Å²) in [5.41, 5.74) is 7.42. The number of hydrogen-bond donors (Lipinski definition) is 1. The summed E-state index contributed by atoms with van der Waals surface area (Å²) in [5, 5.41) is 8.39. The first-order valence-electron chi connectivity index (χ1n) is 11.1. The van der Waals surface area contributed by atoms with Crippen molar-refractivity contribution in [3.8, 4) is 5.69 Å². The number of anilines is 2. The van der Waals surface area contributed by atoms with Crippen LogP contribution < -0.4 is 5.32 Å². The Hall–Kier alpha value is -4.50. The van der Waals surface area contributed by atoms with Crippen molar-refractivity contribution in [3.05, 3.63) is 115 Å². The van der Waals surface area contributed by atoms with E-state index in [2.05, 4.69) is 101 Å². The van der Waals surface area contributed by atoms with Crippen LogP contribution in [0.3, 0.4) is 0 Å². The van der Waals surface area contributed by atoms with Gasteiger partial charge in [0.1, 0.15) is 11.2 Å². The van der Waals surface area contributed by atoms with Crippen molar-refractivity contribution >= 4 is 55.1 Å². The normalized spacial score (nSPS) is 11.6. The van der Waals surface area contributed by atoms with Crippen LogP contribution in [-0.2, 0) is 0 Å². The molecule has 1 N–H and O–H groups in total. The average molecular weight is 425 g/mol. The Labute approximate surface area is 190 Å². The minimum absolute atomic E-state index is 0.890. The molecule has 0 fully saturated rings. The second kappa shape index (κ2) is 7.01. The maximum absolute atomic E-state index is 6.07. The smallest absolute Gasteiger partial charge is 0.137 e. The van der Waals surface area contributed by atoms with Gasteiger partial charge in [-0.15, -0.1) is 0 Å². The first-order chi connectivity index (χ1) is 16.4. The molecular weight excluding hydrogens is 404 g/mol. The Morgan fingerprint density at radius 3 is 2.18 bits per heavy atom. The maximum atomic E-state index is 6.07. The molecule has 7 aromatic rings. The zero-order valence-corrected chi connectivity index (χ0v) is 17.8. The van der Waals surface area contributed by atoms with Gasteiger partial charge in [0.15, 0.2) is 0 Å². The lowest BCUT2D eigenvalue weighted by molar-refractivity contribution is 0.669. The Bertz CT molecular complexity index is 1790. The van der Waals surface area contributed by atoms with Gasteiger partial charge in [-0.2, -0.15) is 0 Å². The first kappa shape index (κ1) is 18.1. The average Bonchev–Trinajstić information content (AvgIpc) is 3.40. The van der Waals surface area contributed by atoms with E-state index >= 15 is 0 Å². The van der Waals surface area contributed by atoms with Gasteiger partial charge in [-0.1, -0.05) is 66.7 Å². The molecule has 0 aliphatic heterocycles. The van der Waals surface area contributed by atoms with Gasteiger partial charge in [0.05, 0.1) is 22.1 Å². The molecule has 0 amide bonds. The Kier molecular flexibility index (Phi) is 3.84. The Morgan fingerprint density at radius 2 is 1.27 bits per heavy atom. The molecule has 0 aliphatic rings. The van der Waals surface area contributed by atoms with Crippen molar-refractivity contribution in [1.29, 1.82) is 0 Å². The molecule has 33 heavy (non-hydrogen) atoms. The van der Waals surface area contributed by atoms with E-state index in [1.54, 1.807) is 0 Å². The van der Waals surface area contributed by atoms with E-state index in [4.69, 9.17) is 4.42 Å². The number of aromatic nitrogens is 1. The third-order valence-electron chi connectivity index (χ3n) is 6.37. The topological polar surface area (TPSA) is 30.1 Å². The number of fused-ring (bicyclic) bond motifs is 6. The van der Waals surface area contributed by atoms with Crippen molar-refractivity contribution in [2.45, 2.75) is 0 Å². The zero-order chi connectivity index (χ0) is 21.8. The van der Waals surface area contributed by atoms with Crippen LogP contribution in [0.1, 0.15) is 0 Å². The van der Waals surface area contributed by atoms with E-state index in [0.717, 1.165) is 39.0 Å². The number of rotatable bonds is 3. The molecule has 156 valence electrons. The van der Waals surface area contributed by atoms with Gasteiger partial charge in [0.2, 0.25) is 0 Å². The van der Waals surface area contributed by atoms with Crippen molar-refractivity contribution < 1.29 is 4.42 Å². The van der Waals surface area contributed by atoms with Gasteiger partial charge in [-0.3, -0.25) is 0 Å². The minimum atomic E-state index is 0.890. The van der Waals surface area contributed by atoms with Crippen molar-refractivity contribution in [2.24, 2.45) is 0 Å². The molecule has 0 aliphatic carbocycles. The summed E-state index contributed by atoms with van der Waals surface area (Å²) in [7, 11) is 0. The number of furan rings is 1. The minimum Gasteiger partial charge on any atom is -0.456 e. The number of hydrogen-bond acceptors (Lipinski definition) is 2. The third-order valence-corrected chi connectivity index (χ3v) is 6.37. The zero-order valence-electron chi connectivity index (χ0n) is 17.8. The highest BCUT2D eigenvalue weighted by molar-refractivity contribution is 6.13. The summed E-state index contributed by atoms with van der Waals surface area (Å²) in [5.74, 6) is 0. The Morgan fingerprint density at radius 1 is 0.545 bits per heavy atom. The molecule has 2 heterocycles. The molecule has 7 rings (SSSR count). The van der Waals surface area contributed by atoms with E-state index in [1.165, 1.54) is 21.8 Å². The lowest BCUT2D eigenvalue weighted by atomic mass is 10.1. The lowest BCUT2D eigenvalue weighted by Gasteiger charge is -2.11. The quantitative estimate of drug-likeness (QED) is 0.308. The van der Waals surface area contributed by atoms with Gasteiger partial charge in [-0.05, 0) is 48.5 Å². The molecule has 0 atom stereocenters. The van der Waals surface area contributed by atoms with Gasteiger partial charge < -0.3 is 14.3 Å². The molecule has 0 saturated heterocycles. The second-order valence-electron chi connectivity index (χ2n) is 8.32. The largest absolute Gasteiger partial charge is 0.456 e. The highest BCUT2D eigenvalue weighted by Gasteiger charge is 2.14. The molecule has 0 bridgehead atoms. The van der Waals surface area contributed by atoms with E-state index < -0.39 is 0 Å². The van der Waals surface area contributed by atoms with Crippen LogP contribution in [0.2, 0.25) is 0 Å². The fourth-order valence-electron chi connectivity index (χ4n) is 4.94. The van der Waals surface area contributed by atoms with Crippen LogP contribution in [0.25, 0.3) is 49.4 Å². The summed E-state index contributed by atoms with van der Waals surface area (Å²) in [4.78, 5) is 0. The van der Waals surface area contributed by atoms with Gasteiger partial charge in [0, 0.05) is 27.5 Å². The number of para-hydroxylation sites is 3. The fourth-order valence-corrected chi connectivity index (χ4v) is 4.94. The third kappa shape index (κ3) is 2.76. The van der Waals surface area contributed by atoms with Gasteiger partial charge in [-0.25, -0.2) is 0 Å². The highest BCUT2D eigenvalue weighted by atomic mass is 16.3. The molecule has 0 spiro atoms. The van der Waals surface area contributed by atoms with E-state index in [1.807, 2.05) is 24.3 Å². The van der Waals surface area contributed by atoms with Crippen LogP contribution in [0.15, 0.2) is 120 Å². The second-order valence-corrected chi connectivity index (χ2v) is 8.32. The first-order valence-corrected chi connectivity index (χ1v) is 11.1. The fraction of sp³-hybridized carbons (Fsp3) is 0. The molecule has 0 unspecified atom stereocenters. The predicted molar refractivity (Wildman–Crippen MR) is 138 cm³/mol. The number of nitrogens with zero attached hydrogens (tertiary/aromatic N) is 1. The highest BCUT2D eigenvalue weighted by Crippen LogP contribution is 2.37. The van der Waals surface area contributed by atoms with Gasteiger partial charge in [0.25, 0.3) is 0 Å². The lowest BCUT2D eigenvalue weighted by Crippen LogP contribution is -1.95. The molecule has 3 nitrogen and oxygen atoms in total. The molecular formula is C30H20N2O. The van der Waals surface area contributed by atoms with Crippen LogP contribution >= 0.6 is 0 Å². The van der Waals surface area contributed by atoms with Crippen molar-refractivity contribution in [3.63, 3.8) is 0 Å². The van der Waals surface area contributed by atoms with Crippen LogP contribution in [-0.4, -0.2) is 4.57 Å². The van der Waals surface area contributed by atoms with E-state index in [-0.39, 0.29) is 0 Å². The molecule has 0 saturated carbocycles. The maximum Gasteiger partial charge on any atom is 0.137 e.